The van der Waals surface area contributed by atoms with E-state index in [2.05, 4.69) is 14.9 Å². The Morgan fingerprint density at radius 1 is 1.20 bits per heavy atom. The van der Waals surface area contributed by atoms with E-state index in [1.807, 2.05) is 12.1 Å². The predicted molar refractivity (Wildman–Crippen MR) is 96.0 cm³/mol. The van der Waals surface area contributed by atoms with Crippen molar-refractivity contribution < 1.29 is 14.3 Å². The van der Waals surface area contributed by atoms with Crippen molar-refractivity contribution in [1.29, 1.82) is 0 Å². The number of aromatic nitrogens is 2. The standard InChI is InChI=1S/C18H24N4O3/c1-24-15-9-13-14(10-16(15)25-2)20-11-21-18(13)22-7-5-12(6-8-22)3-4-17(19)23/h9-12H,3-8H2,1-2H3,(H2,19,23). The summed E-state index contributed by atoms with van der Waals surface area (Å²) in [5.74, 6) is 2.57. The SMILES string of the molecule is COc1cc2ncnc(N3CCC(CCC(N)=O)CC3)c2cc1OC. The van der Waals surface area contributed by atoms with Crippen molar-refractivity contribution >= 4 is 22.6 Å². The summed E-state index contributed by atoms with van der Waals surface area (Å²) < 4.78 is 10.8. The third-order valence-corrected chi connectivity index (χ3v) is 4.83. The first-order valence-electron chi connectivity index (χ1n) is 8.52. The minimum atomic E-state index is -0.217. The molecule has 2 heterocycles. The molecule has 7 nitrogen and oxygen atoms in total. The quantitative estimate of drug-likeness (QED) is 0.863. The number of rotatable bonds is 6. The molecule has 1 aliphatic heterocycles. The van der Waals surface area contributed by atoms with Crippen LogP contribution in [0.5, 0.6) is 11.5 Å². The van der Waals surface area contributed by atoms with E-state index in [9.17, 15) is 4.79 Å². The molecule has 7 heteroatoms. The van der Waals surface area contributed by atoms with Crippen molar-refractivity contribution in [1.82, 2.24) is 9.97 Å². The highest BCUT2D eigenvalue weighted by Crippen LogP contribution is 2.36. The van der Waals surface area contributed by atoms with Gasteiger partial charge in [-0.25, -0.2) is 9.97 Å². The highest BCUT2D eigenvalue weighted by molar-refractivity contribution is 5.92. The molecule has 0 spiro atoms. The fraction of sp³-hybridized carbons (Fsp3) is 0.500. The number of hydrogen-bond acceptors (Lipinski definition) is 6. The molecule has 1 fully saturated rings. The Morgan fingerprint density at radius 3 is 2.52 bits per heavy atom. The highest BCUT2D eigenvalue weighted by Gasteiger charge is 2.22. The monoisotopic (exact) mass is 344 g/mol. The molecule has 1 saturated heterocycles. The number of nitrogens with two attached hydrogens (primary N) is 1. The third-order valence-electron chi connectivity index (χ3n) is 4.83. The molecule has 0 aliphatic carbocycles. The Hall–Kier alpha value is -2.57. The minimum absolute atomic E-state index is 0.217. The Bertz CT molecular complexity index is 757. The second-order valence-electron chi connectivity index (χ2n) is 6.36. The average Bonchev–Trinajstić information content (AvgIpc) is 2.65. The van der Waals surface area contributed by atoms with Gasteiger partial charge in [-0.15, -0.1) is 0 Å². The van der Waals surface area contributed by atoms with Crippen LogP contribution >= 0.6 is 0 Å². The van der Waals surface area contributed by atoms with Crippen LogP contribution in [-0.4, -0.2) is 43.2 Å². The van der Waals surface area contributed by atoms with Crippen molar-refractivity contribution in [2.75, 3.05) is 32.2 Å². The van der Waals surface area contributed by atoms with Gasteiger partial charge in [0.15, 0.2) is 11.5 Å². The van der Waals surface area contributed by atoms with Crippen LogP contribution in [0.2, 0.25) is 0 Å². The van der Waals surface area contributed by atoms with Crippen molar-refractivity contribution in [2.45, 2.75) is 25.7 Å². The molecule has 0 saturated carbocycles. The highest BCUT2D eigenvalue weighted by atomic mass is 16.5. The lowest BCUT2D eigenvalue weighted by Crippen LogP contribution is -2.34. The maximum Gasteiger partial charge on any atom is 0.217 e. The van der Waals surface area contributed by atoms with E-state index < -0.39 is 0 Å². The van der Waals surface area contributed by atoms with Gasteiger partial charge >= 0.3 is 0 Å². The van der Waals surface area contributed by atoms with Crippen molar-refractivity contribution in [3.05, 3.63) is 18.5 Å². The lowest BCUT2D eigenvalue weighted by molar-refractivity contribution is -0.118. The van der Waals surface area contributed by atoms with Crippen LogP contribution in [-0.2, 0) is 4.79 Å². The van der Waals surface area contributed by atoms with E-state index in [-0.39, 0.29) is 5.91 Å². The normalized spacial score (nSPS) is 15.4. The first kappa shape index (κ1) is 17.3. The van der Waals surface area contributed by atoms with E-state index in [0.29, 0.717) is 23.8 Å². The van der Waals surface area contributed by atoms with Crippen molar-refractivity contribution in [3.8, 4) is 11.5 Å². The van der Waals surface area contributed by atoms with Gasteiger partial charge in [-0.3, -0.25) is 4.79 Å². The summed E-state index contributed by atoms with van der Waals surface area (Å²) in [7, 11) is 3.24. The van der Waals surface area contributed by atoms with Gasteiger partial charge in [-0.2, -0.15) is 0 Å². The number of carbonyl (C=O) groups is 1. The number of anilines is 1. The summed E-state index contributed by atoms with van der Waals surface area (Å²) in [6.45, 7) is 1.81. The molecule has 1 aromatic carbocycles. The van der Waals surface area contributed by atoms with Crippen LogP contribution < -0.4 is 20.1 Å². The third kappa shape index (κ3) is 3.75. The predicted octanol–water partition coefficient (Wildman–Crippen LogP) is 2.13. The maximum absolute atomic E-state index is 11.0. The number of amides is 1. The Kier molecular flexibility index (Phi) is 5.21. The van der Waals surface area contributed by atoms with E-state index >= 15 is 0 Å². The van der Waals surface area contributed by atoms with E-state index in [1.165, 1.54) is 0 Å². The number of methoxy groups -OCH3 is 2. The molecular weight excluding hydrogens is 320 g/mol. The average molecular weight is 344 g/mol. The molecule has 25 heavy (non-hydrogen) atoms. The summed E-state index contributed by atoms with van der Waals surface area (Å²) in [4.78, 5) is 22.1. The lowest BCUT2D eigenvalue weighted by Gasteiger charge is -2.33. The topological polar surface area (TPSA) is 90.6 Å². The zero-order valence-corrected chi connectivity index (χ0v) is 14.7. The number of benzene rings is 1. The van der Waals surface area contributed by atoms with Crippen LogP contribution in [0.4, 0.5) is 5.82 Å². The molecule has 2 N–H and O–H groups in total. The molecule has 0 bridgehead atoms. The second kappa shape index (κ2) is 7.55. The zero-order valence-electron chi connectivity index (χ0n) is 14.7. The van der Waals surface area contributed by atoms with Crippen LogP contribution in [0.3, 0.4) is 0 Å². The van der Waals surface area contributed by atoms with Gasteiger partial charge < -0.3 is 20.1 Å². The van der Waals surface area contributed by atoms with Gasteiger partial charge in [0, 0.05) is 31.0 Å². The molecule has 1 amide bonds. The second-order valence-corrected chi connectivity index (χ2v) is 6.36. The lowest BCUT2D eigenvalue weighted by atomic mass is 9.92. The largest absolute Gasteiger partial charge is 0.493 e. The first-order chi connectivity index (χ1) is 12.1. The van der Waals surface area contributed by atoms with Gasteiger partial charge in [-0.1, -0.05) is 0 Å². The number of piperidine rings is 1. The van der Waals surface area contributed by atoms with E-state index in [1.54, 1.807) is 20.5 Å². The molecule has 1 aliphatic rings. The first-order valence-corrected chi connectivity index (χ1v) is 8.52. The Labute approximate surface area is 147 Å². The van der Waals surface area contributed by atoms with Crippen molar-refractivity contribution in [3.63, 3.8) is 0 Å². The maximum atomic E-state index is 11.0. The minimum Gasteiger partial charge on any atom is -0.493 e. The molecule has 2 aromatic rings. The smallest absolute Gasteiger partial charge is 0.217 e. The van der Waals surface area contributed by atoms with Crippen LogP contribution in [0.25, 0.3) is 10.9 Å². The molecular formula is C18H24N4O3. The number of ether oxygens (including phenoxy) is 2. The Morgan fingerprint density at radius 2 is 1.88 bits per heavy atom. The fourth-order valence-electron chi connectivity index (χ4n) is 3.40. The summed E-state index contributed by atoms with van der Waals surface area (Å²) in [5.41, 5.74) is 6.08. The molecule has 3 rings (SSSR count). The zero-order chi connectivity index (χ0) is 17.8. The number of nitrogens with zero attached hydrogens (tertiary/aromatic N) is 3. The van der Waals surface area contributed by atoms with Crippen LogP contribution in [0.1, 0.15) is 25.7 Å². The van der Waals surface area contributed by atoms with Gasteiger partial charge in [0.05, 0.1) is 19.7 Å². The van der Waals surface area contributed by atoms with Gasteiger partial charge in [0.25, 0.3) is 0 Å². The summed E-state index contributed by atoms with van der Waals surface area (Å²) in [6.07, 6.45) is 5.00. The van der Waals surface area contributed by atoms with Crippen LogP contribution in [0.15, 0.2) is 18.5 Å². The molecule has 0 atom stereocenters. The molecule has 0 radical (unpaired) electrons. The van der Waals surface area contributed by atoms with Gasteiger partial charge in [0.1, 0.15) is 12.1 Å². The molecule has 0 unspecified atom stereocenters. The number of primary amides is 1. The number of fused-ring (bicyclic) bond motifs is 1. The summed E-state index contributed by atoms with van der Waals surface area (Å²) >= 11 is 0. The molecule has 1 aromatic heterocycles. The Balaban J connectivity index is 1.81. The number of hydrogen-bond donors (Lipinski definition) is 1. The van der Waals surface area contributed by atoms with E-state index in [4.69, 9.17) is 15.2 Å². The number of carbonyl (C=O) groups excluding carboxylic acids is 1. The summed E-state index contributed by atoms with van der Waals surface area (Å²) in [5, 5.41) is 0.954. The molecule has 134 valence electrons. The van der Waals surface area contributed by atoms with Gasteiger partial charge in [0.2, 0.25) is 5.91 Å². The fourth-order valence-corrected chi connectivity index (χ4v) is 3.40. The van der Waals surface area contributed by atoms with Crippen molar-refractivity contribution in [2.24, 2.45) is 11.7 Å². The van der Waals surface area contributed by atoms with E-state index in [0.717, 1.165) is 49.1 Å². The summed E-state index contributed by atoms with van der Waals surface area (Å²) in [6, 6.07) is 3.81. The van der Waals surface area contributed by atoms with Gasteiger partial charge in [-0.05, 0) is 31.2 Å². The van der Waals surface area contributed by atoms with Crippen LogP contribution in [0, 0.1) is 5.92 Å².